The van der Waals surface area contributed by atoms with Gasteiger partial charge in [0, 0.05) is 13.0 Å². The van der Waals surface area contributed by atoms with E-state index in [2.05, 4.69) is 86.0 Å². The minimum Gasteiger partial charge on any atom is -0.497 e. The van der Waals surface area contributed by atoms with Crippen molar-refractivity contribution in [2.75, 3.05) is 13.7 Å². The fourth-order valence-corrected chi connectivity index (χ4v) is 5.40. The second kappa shape index (κ2) is 13.2. The molecule has 0 fully saturated rings. The van der Waals surface area contributed by atoms with Crippen LogP contribution in [0, 0.1) is 11.3 Å². The molecule has 198 valence electrons. The molecule has 1 aromatic carbocycles. The normalized spacial score (nSPS) is 15.1. The van der Waals surface area contributed by atoms with Gasteiger partial charge in [-0.3, -0.25) is 0 Å². The van der Waals surface area contributed by atoms with Gasteiger partial charge in [-0.2, -0.15) is 5.26 Å². The summed E-state index contributed by atoms with van der Waals surface area (Å²) in [5.74, 6) is 0.843. The van der Waals surface area contributed by atoms with Crippen LogP contribution in [-0.4, -0.2) is 42.6 Å². The molecule has 5 nitrogen and oxygen atoms in total. The smallest absolute Gasteiger partial charge is 0.193 e. The summed E-state index contributed by atoms with van der Waals surface area (Å²) >= 11 is 0. The molecule has 0 N–H and O–H groups in total. The topological polar surface area (TPSA) is 60.7 Å². The van der Waals surface area contributed by atoms with Crippen LogP contribution in [0.1, 0.15) is 59.9 Å². The van der Waals surface area contributed by atoms with Crippen molar-refractivity contribution in [1.82, 2.24) is 0 Å². The van der Waals surface area contributed by atoms with Crippen LogP contribution in [0.4, 0.5) is 0 Å². The van der Waals surface area contributed by atoms with Gasteiger partial charge in [0.25, 0.3) is 0 Å². The lowest BCUT2D eigenvalue weighted by Crippen LogP contribution is -2.44. The Morgan fingerprint density at radius 2 is 1.46 bits per heavy atom. The van der Waals surface area contributed by atoms with E-state index in [1.54, 1.807) is 7.11 Å². The van der Waals surface area contributed by atoms with Crippen molar-refractivity contribution in [1.29, 1.82) is 5.26 Å². The first-order chi connectivity index (χ1) is 16.0. The molecular formula is C28H49NO4Si2. The summed E-state index contributed by atoms with van der Waals surface area (Å²) in [7, 11) is -2.30. The Hall–Kier alpha value is -1.44. The van der Waals surface area contributed by atoms with Crippen molar-refractivity contribution in [2.24, 2.45) is 0 Å². The molecule has 1 rings (SSSR count). The maximum atomic E-state index is 9.69. The first-order valence-corrected chi connectivity index (χ1v) is 18.5. The molecular weight excluding hydrogens is 470 g/mol. The van der Waals surface area contributed by atoms with Crippen LogP contribution in [0.2, 0.25) is 36.3 Å². The molecule has 7 heteroatoms. The van der Waals surface area contributed by atoms with E-state index in [1.165, 1.54) is 0 Å². The number of hydrogen-bond donors (Lipinski definition) is 0. The predicted octanol–water partition coefficient (Wildman–Crippen LogP) is 7.85. The van der Waals surface area contributed by atoms with Gasteiger partial charge >= 0.3 is 0 Å². The zero-order chi connectivity index (χ0) is 26.9. The average Bonchev–Trinajstić information content (AvgIpc) is 2.74. The Morgan fingerprint density at radius 3 is 1.94 bits per heavy atom. The molecule has 0 aliphatic heterocycles. The van der Waals surface area contributed by atoms with Gasteiger partial charge in [-0.15, -0.1) is 0 Å². The zero-order valence-corrected chi connectivity index (χ0v) is 26.0. The first kappa shape index (κ1) is 31.6. The van der Waals surface area contributed by atoms with E-state index in [0.717, 1.165) is 17.7 Å². The summed E-state index contributed by atoms with van der Waals surface area (Å²) < 4.78 is 24.2. The lowest BCUT2D eigenvalue weighted by atomic mass is 10.2. The van der Waals surface area contributed by atoms with Gasteiger partial charge in [-0.1, -0.05) is 65.8 Å². The fourth-order valence-electron chi connectivity index (χ4n) is 2.87. The minimum absolute atomic E-state index is 0.0565. The molecule has 0 saturated heterocycles. The maximum absolute atomic E-state index is 9.69. The Balaban J connectivity index is 2.79. The maximum Gasteiger partial charge on any atom is 0.193 e. The van der Waals surface area contributed by atoms with E-state index in [9.17, 15) is 5.26 Å². The minimum atomic E-state index is -2.00. The Labute approximate surface area is 217 Å². The molecule has 0 bridgehead atoms. The second-order valence-electron chi connectivity index (χ2n) is 12.3. The van der Waals surface area contributed by atoms with Crippen LogP contribution in [0.15, 0.2) is 36.4 Å². The van der Waals surface area contributed by atoms with Crippen molar-refractivity contribution in [3.63, 3.8) is 0 Å². The largest absolute Gasteiger partial charge is 0.497 e. The van der Waals surface area contributed by atoms with Gasteiger partial charge in [0.1, 0.15) is 11.9 Å². The molecule has 0 amide bonds. The van der Waals surface area contributed by atoms with Crippen molar-refractivity contribution in [3.05, 3.63) is 42.0 Å². The van der Waals surface area contributed by atoms with E-state index in [4.69, 9.17) is 18.3 Å². The number of rotatable bonds is 13. The van der Waals surface area contributed by atoms with Gasteiger partial charge in [-0.05, 0) is 60.4 Å². The van der Waals surface area contributed by atoms with Gasteiger partial charge in [0.05, 0.1) is 25.9 Å². The van der Waals surface area contributed by atoms with Crippen molar-refractivity contribution in [2.45, 2.75) is 109 Å². The summed E-state index contributed by atoms with van der Waals surface area (Å²) in [4.78, 5) is 0. The second-order valence-corrected chi connectivity index (χ2v) is 21.8. The molecule has 2 atom stereocenters. The van der Waals surface area contributed by atoms with Crippen molar-refractivity contribution in [3.8, 4) is 11.8 Å². The molecule has 0 aliphatic carbocycles. The molecule has 0 unspecified atom stereocenters. The molecule has 0 aromatic heterocycles. The molecule has 0 spiro atoms. The highest BCUT2D eigenvalue weighted by atomic mass is 28.4. The highest BCUT2D eigenvalue weighted by Gasteiger charge is 2.40. The Kier molecular flexibility index (Phi) is 11.9. The van der Waals surface area contributed by atoms with Gasteiger partial charge in [-0.25, -0.2) is 0 Å². The number of methoxy groups -OCH3 is 1. The predicted molar refractivity (Wildman–Crippen MR) is 151 cm³/mol. The van der Waals surface area contributed by atoms with Crippen LogP contribution in [0.5, 0.6) is 5.75 Å². The molecule has 0 aliphatic rings. The average molecular weight is 520 g/mol. The Morgan fingerprint density at radius 1 is 0.914 bits per heavy atom. The standard InChI is InChI=1S/C28H49NO4Si2/c1-27(2,3)34(8,9)32-25(19-20-31-22-23-15-17-24(30-7)18-16-23)13-12-14-26(21-29)33-35(10,11)28(4,5)6/h12-13,15-18,25-26H,14,19-20,22H2,1-11H3/b13-12+/t25-,26+/m1/s1. The van der Waals surface area contributed by atoms with Gasteiger partial charge in [0.2, 0.25) is 0 Å². The monoisotopic (exact) mass is 519 g/mol. The van der Waals surface area contributed by atoms with Crippen molar-refractivity contribution >= 4 is 16.6 Å². The summed E-state index contributed by atoms with van der Waals surface area (Å²) in [6.45, 7) is 23.4. The SMILES string of the molecule is COc1ccc(COCC[C@@H](/C=C/C[C@@H](C#N)O[Si](C)(C)C(C)(C)C)O[Si](C)(C)C(C)(C)C)cc1. The highest BCUT2D eigenvalue weighted by molar-refractivity contribution is 6.74. The third kappa shape index (κ3) is 10.6. The molecule has 1 aromatic rings. The number of benzene rings is 1. The Bertz CT molecular complexity index is 830. The summed E-state index contributed by atoms with van der Waals surface area (Å²) in [5, 5.41) is 9.87. The third-order valence-corrected chi connectivity index (χ3v) is 16.3. The number of nitrogens with zero attached hydrogens (tertiary/aromatic N) is 1. The molecule has 0 radical (unpaired) electrons. The highest BCUT2D eigenvalue weighted by Crippen LogP contribution is 2.38. The van der Waals surface area contributed by atoms with E-state index < -0.39 is 22.7 Å². The van der Waals surface area contributed by atoms with Gasteiger partial charge < -0.3 is 18.3 Å². The number of ether oxygens (including phenoxy) is 2. The zero-order valence-electron chi connectivity index (χ0n) is 24.0. The van der Waals surface area contributed by atoms with Crippen LogP contribution in [-0.2, 0) is 20.2 Å². The first-order valence-electron chi connectivity index (χ1n) is 12.6. The van der Waals surface area contributed by atoms with Gasteiger partial charge in [0.15, 0.2) is 16.6 Å². The van der Waals surface area contributed by atoms with Crippen molar-refractivity contribution < 1.29 is 18.3 Å². The van der Waals surface area contributed by atoms with Crippen LogP contribution in [0.3, 0.4) is 0 Å². The van der Waals surface area contributed by atoms with Crippen LogP contribution >= 0.6 is 0 Å². The lowest BCUT2D eigenvalue weighted by Gasteiger charge is -2.39. The molecule has 35 heavy (non-hydrogen) atoms. The number of hydrogen-bond acceptors (Lipinski definition) is 5. The van der Waals surface area contributed by atoms with Crippen LogP contribution < -0.4 is 4.74 Å². The molecule has 0 heterocycles. The van der Waals surface area contributed by atoms with E-state index in [1.807, 2.05) is 24.3 Å². The third-order valence-electron chi connectivity index (χ3n) is 7.31. The van der Waals surface area contributed by atoms with Crippen LogP contribution in [0.25, 0.3) is 0 Å². The summed E-state index contributed by atoms with van der Waals surface area (Å²) in [6.07, 6.45) is 5.00. The number of nitriles is 1. The molecule has 0 saturated carbocycles. The summed E-state index contributed by atoms with van der Waals surface area (Å²) in [6, 6.07) is 10.3. The fraction of sp³-hybridized carbons (Fsp3) is 0.679. The van der Waals surface area contributed by atoms with E-state index in [-0.39, 0.29) is 16.2 Å². The van der Waals surface area contributed by atoms with E-state index >= 15 is 0 Å². The lowest BCUT2D eigenvalue weighted by molar-refractivity contribution is 0.0906. The summed E-state index contributed by atoms with van der Waals surface area (Å²) in [5.41, 5.74) is 1.11. The van der Waals surface area contributed by atoms with E-state index in [0.29, 0.717) is 19.6 Å². The quantitative estimate of drug-likeness (QED) is 0.151.